The van der Waals surface area contributed by atoms with Crippen molar-refractivity contribution in [3.8, 4) is 5.75 Å². The zero-order valence-electron chi connectivity index (χ0n) is 26.3. The molecule has 1 heterocycles. The van der Waals surface area contributed by atoms with Gasteiger partial charge in [-0.25, -0.2) is 14.3 Å². The molecule has 1 aliphatic carbocycles. The van der Waals surface area contributed by atoms with Crippen LogP contribution >= 0.6 is 11.8 Å². The van der Waals surface area contributed by atoms with Crippen LogP contribution in [-0.4, -0.2) is 66.7 Å². The molecule has 4 rings (SSSR count). The predicted molar refractivity (Wildman–Crippen MR) is 175 cm³/mol. The summed E-state index contributed by atoms with van der Waals surface area (Å²) in [5, 5.41) is 27.1. The number of aromatic nitrogens is 2. The minimum atomic E-state index is -0.735. The van der Waals surface area contributed by atoms with E-state index in [1.165, 1.54) is 56.1 Å². The number of ether oxygens (including phenoxy) is 1. The fraction of sp³-hybridized carbons (Fsp3) is 0.455. The molecule has 2 atom stereocenters. The fourth-order valence-electron chi connectivity index (χ4n) is 5.25. The monoisotopic (exact) mass is 651 g/mol. The van der Waals surface area contributed by atoms with E-state index in [0.717, 1.165) is 28.7 Å². The van der Waals surface area contributed by atoms with Gasteiger partial charge in [-0.2, -0.15) is 11.8 Å². The Hall–Kier alpha value is -4.39. The second kappa shape index (κ2) is 15.7. The number of nitrogens with zero attached hydrogens (tertiary/aromatic N) is 3. The molecule has 12 nitrogen and oxygen atoms in total. The van der Waals surface area contributed by atoms with Crippen molar-refractivity contribution in [1.29, 1.82) is 0 Å². The van der Waals surface area contributed by atoms with E-state index in [0.29, 0.717) is 12.3 Å². The average Bonchev–Trinajstić information content (AvgIpc) is 3.52. The Morgan fingerprint density at radius 3 is 2.43 bits per heavy atom. The van der Waals surface area contributed by atoms with Crippen molar-refractivity contribution in [3.63, 3.8) is 0 Å². The third kappa shape index (κ3) is 10.1. The molecule has 2 amide bonds. The second-order valence-corrected chi connectivity index (χ2v) is 13.7. The van der Waals surface area contributed by atoms with Crippen LogP contribution in [-0.2, 0) is 11.2 Å². The number of nitro benzene ring substituents is 1. The van der Waals surface area contributed by atoms with Crippen LogP contribution in [0.2, 0.25) is 0 Å². The lowest BCUT2D eigenvalue weighted by molar-refractivity contribution is -0.384. The molecule has 0 saturated heterocycles. The first-order chi connectivity index (χ1) is 21.9. The molecule has 3 aromatic rings. The van der Waals surface area contributed by atoms with Gasteiger partial charge in [0.15, 0.2) is 0 Å². The molecule has 2 unspecified atom stereocenters. The maximum absolute atomic E-state index is 13.6. The number of nitrogens with one attached hydrogen (secondary N) is 2. The number of phenols is 1. The van der Waals surface area contributed by atoms with Crippen molar-refractivity contribution in [2.24, 2.45) is 5.92 Å². The van der Waals surface area contributed by atoms with E-state index in [1.807, 2.05) is 0 Å². The van der Waals surface area contributed by atoms with Gasteiger partial charge >= 0.3 is 6.09 Å². The highest BCUT2D eigenvalue weighted by molar-refractivity contribution is 7.99. The summed E-state index contributed by atoms with van der Waals surface area (Å²) in [6, 6.07) is 11.9. The standard InChI is InChI=1S/C33H41N5O7S/c1-33(2,3)45-32(42)37-19-27(35-21-37)31(41)36-26(18-34-30(40)25-11-7-8-12-28(25)39)29(46-20-23-9-5-4-6-10-23)17-22-13-15-24(16-14-22)38(43)44/h7-8,11-16,19,21,23,26,29,39H,4-6,9-10,17-18,20H2,1-3H3,(H,34,40)(H,36,41). The van der Waals surface area contributed by atoms with Crippen LogP contribution < -0.4 is 10.6 Å². The number of aromatic hydroxyl groups is 1. The topological polar surface area (TPSA) is 166 Å². The fourth-order valence-corrected chi connectivity index (χ4v) is 6.81. The summed E-state index contributed by atoms with van der Waals surface area (Å²) in [6.45, 7) is 5.24. The van der Waals surface area contributed by atoms with Crippen LogP contribution in [0, 0.1) is 16.0 Å². The molecular weight excluding hydrogens is 610 g/mol. The van der Waals surface area contributed by atoms with E-state index in [1.54, 1.807) is 56.8 Å². The Morgan fingerprint density at radius 1 is 1.09 bits per heavy atom. The van der Waals surface area contributed by atoms with E-state index < -0.39 is 34.5 Å². The zero-order valence-corrected chi connectivity index (χ0v) is 27.1. The number of carbonyl (C=O) groups excluding carboxylic acids is 3. The molecule has 1 aromatic heterocycles. The summed E-state index contributed by atoms with van der Waals surface area (Å²) in [7, 11) is 0. The normalized spacial score (nSPS) is 15.0. The largest absolute Gasteiger partial charge is 0.507 e. The molecule has 0 radical (unpaired) electrons. The number of rotatable bonds is 12. The minimum Gasteiger partial charge on any atom is -0.507 e. The number of non-ortho nitro benzene ring substituents is 1. The quantitative estimate of drug-likeness (QED) is 0.164. The van der Waals surface area contributed by atoms with Crippen LogP contribution in [0.25, 0.3) is 0 Å². The second-order valence-electron chi connectivity index (χ2n) is 12.5. The molecule has 0 aliphatic heterocycles. The summed E-state index contributed by atoms with van der Waals surface area (Å²) < 4.78 is 6.47. The highest BCUT2D eigenvalue weighted by Gasteiger charge is 2.29. The lowest BCUT2D eigenvalue weighted by atomic mass is 9.91. The third-order valence-electron chi connectivity index (χ3n) is 7.67. The number of benzene rings is 2. The first-order valence-corrected chi connectivity index (χ1v) is 16.4. The summed E-state index contributed by atoms with van der Waals surface area (Å²) in [5.74, 6) is 0.163. The van der Waals surface area contributed by atoms with E-state index >= 15 is 0 Å². The number of amides is 2. The highest BCUT2D eigenvalue weighted by atomic mass is 32.2. The van der Waals surface area contributed by atoms with Crippen molar-refractivity contribution in [3.05, 3.63) is 88.0 Å². The van der Waals surface area contributed by atoms with E-state index in [-0.39, 0.29) is 34.5 Å². The third-order valence-corrected chi connectivity index (χ3v) is 9.26. The van der Waals surface area contributed by atoms with E-state index in [9.17, 15) is 29.6 Å². The molecule has 2 aromatic carbocycles. The average molecular weight is 652 g/mol. The van der Waals surface area contributed by atoms with Gasteiger partial charge < -0.3 is 20.5 Å². The summed E-state index contributed by atoms with van der Waals surface area (Å²) in [5.41, 5.74) is 0.184. The summed E-state index contributed by atoms with van der Waals surface area (Å²) >= 11 is 1.70. The van der Waals surface area contributed by atoms with Crippen molar-refractivity contribution in [2.45, 2.75) is 76.2 Å². The van der Waals surface area contributed by atoms with Crippen LogP contribution in [0.1, 0.15) is 79.3 Å². The van der Waals surface area contributed by atoms with Gasteiger partial charge in [0, 0.05) is 30.1 Å². The molecule has 1 fully saturated rings. The highest BCUT2D eigenvalue weighted by Crippen LogP contribution is 2.31. The molecule has 0 spiro atoms. The van der Waals surface area contributed by atoms with Gasteiger partial charge in [0.1, 0.15) is 23.4 Å². The van der Waals surface area contributed by atoms with Gasteiger partial charge in [-0.1, -0.05) is 43.5 Å². The number of hydrogen-bond donors (Lipinski definition) is 3. The Bertz CT molecular complexity index is 1510. The molecule has 3 N–H and O–H groups in total. The molecule has 1 aliphatic rings. The predicted octanol–water partition coefficient (Wildman–Crippen LogP) is 5.73. The maximum Gasteiger partial charge on any atom is 0.419 e. The van der Waals surface area contributed by atoms with Crippen LogP contribution in [0.5, 0.6) is 5.75 Å². The molecule has 1 saturated carbocycles. The molecule has 0 bridgehead atoms. The first kappa shape index (κ1) is 34.5. The zero-order chi connectivity index (χ0) is 33.3. The van der Waals surface area contributed by atoms with E-state index in [2.05, 4.69) is 15.6 Å². The van der Waals surface area contributed by atoms with Crippen LogP contribution in [0.4, 0.5) is 10.5 Å². The number of para-hydroxylation sites is 1. The lowest BCUT2D eigenvalue weighted by Crippen LogP contribution is -2.50. The number of phenolic OH excluding ortho intramolecular Hbond substituents is 1. The Morgan fingerprint density at radius 2 is 1.78 bits per heavy atom. The van der Waals surface area contributed by atoms with Gasteiger partial charge in [0.2, 0.25) is 0 Å². The molecule has 46 heavy (non-hydrogen) atoms. The minimum absolute atomic E-state index is 0.00532. The Labute approximate surface area is 272 Å². The summed E-state index contributed by atoms with van der Waals surface area (Å²) in [4.78, 5) is 54.1. The Kier molecular flexibility index (Phi) is 11.8. The van der Waals surface area contributed by atoms with Crippen LogP contribution in [0.15, 0.2) is 61.1 Å². The number of nitro groups is 1. The number of hydrogen-bond acceptors (Lipinski definition) is 9. The van der Waals surface area contributed by atoms with Crippen molar-refractivity contribution < 1.29 is 29.2 Å². The molecule has 13 heteroatoms. The van der Waals surface area contributed by atoms with Gasteiger partial charge in [0.05, 0.1) is 16.5 Å². The first-order valence-electron chi connectivity index (χ1n) is 15.4. The maximum atomic E-state index is 13.6. The van der Waals surface area contributed by atoms with Crippen molar-refractivity contribution >= 4 is 35.4 Å². The number of carbonyl (C=O) groups is 3. The molecular formula is C33H41N5O7S. The molecule has 246 valence electrons. The van der Waals surface area contributed by atoms with Crippen molar-refractivity contribution in [2.75, 3.05) is 12.3 Å². The Balaban J connectivity index is 1.59. The van der Waals surface area contributed by atoms with Gasteiger partial charge in [-0.15, -0.1) is 0 Å². The number of thioether (sulfide) groups is 1. The van der Waals surface area contributed by atoms with Crippen molar-refractivity contribution in [1.82, 2.24) is 20.2 Å². The van der Waals surface area contributed by atoms with Crippen LogP contribution in [0.3, 0.4) is 0 Å². The van der Waals surface area contributed by atoms with Gasteiger partial charge in [0.25, 0.3) is 17.5 Å². The SMILES string of the molecule is CC(C)(C)OC(=O)n1cnc(C(=O)NC(CNC(=O)c2ccccc2O)C(Cc2ccc([N+](=O)[O-])cc2)SCC2CCCCC2)c1. The number of imidazole rings is 1. The smallest absolute Gasteiger partial charge is 0.419 e. The van der Waals surface area contributed by atoms with Gasteiger partial charge in [-0.05, 0) is 69.4 Å². The lowest BCUT2D eigenvalue weighted by Gasteiger charge is -2.30. The van der Waals surface area contributed by atoms with Gasteiger partial charge in [-0.3, -0.25) is 19.7 Å². The van der Waals surface area contributed by atoms with E-state index in [4.69, 9.17) is 4.74 Å². The summed E-state index contributed by atoms with van der Waals surface area (Å²) in [6.07, 6.45) is 8.11.